The first-order valence-electron chi connectivity index (χ1n) is 7.34. The van der Waals surface area contributed by atoms with Gasteiger partial charge in [0, 0.05) is 6.54 Å². The summed E-state index contributed by atoms with van der Waals surface area (Å²) in [6.07, 6.45) is -0.743. The summed E-state index contributed by atoms with van der Waals surface area (Å²) in [5.41, 5.74) is 1.64. The van der Waals surface area contributed by atoms with Gasteiger partial charge < -0.3 is 20.7 Å². The van der Waals surface area contributed by atoms with E-state index in [0.29, 0.717) is 18.0 Å². The molecule has 0 spiro atoms. The van der Waals surface area contributed by atoms with Crippen LogP contribution >= 0.6 is 0 Å². The van der Waals surface area contributed by atoms with E-state index in [1.165, 1.54) is 0 Å². The summed E-state index contributed by atoms with van der Waals surface area (Å²) in [7, 11) is 0. The molecule has 0 aromatic heterocycles. The molecule has 2 aromatic rings. The topological polar surface area (TPSA) is 79.5 Å². The van der Waals surface area contributed by atoms with Crippen molar-refractivity contribution in [3.63, 3.8) is 0 Å². The minimum absolute atomic E-state index is 0.0980. The SMILES string of the molecule is O=C(NCc1ccccc1)NCC1Oc2ccccc2NC1=O. The van der Waals surface area contributed by atoms with Gasteiger partial charge in [0.2, 0.25) is 0 Å². The number of nitrogens with one attached hydrogen (secondary N) is 3. The van der Waals surface area contributed by atoms with Gasteiger partial charge in [0.05, 0.1) is 12.2 Å². The number of rotatable bonds is 4. The molecule has 2 aromatic carbocycles. The minimum atomic E-state index is -0.743. The Labute approximate surface area is 133 Å². The number of anilines is 1. The van der Waals surface area contributed by atoms with Crippen LogP contribution in [0.5, 0.6) is 5.75 Å². The lowest BCUT2D eigenvalue weighted by Gasteiger charge is -2.25. The molecule has 1 atom stereocenters. The average Bonchev–Trinajstić information content (AvgIpc) is 2.59. The van der Waals surface area contributed by atoms with Gasteiger partial charge in [-0.05, 0) is 17.7 Å². The number of amides is 3. The van der Waals surface area contributed by atoms with Gasteiger partial charge in [-0.2, -0.15) is 0 Å². The van der Waals surface area contributed by atoms with Gasteiger partial charge >= 0.3 is 6.03 Å². The van der Waals surface area contributed by atoms with E-state index < -0.39 is 6.10 Å². The number of ether oxygens (including phenoxy) is 1. The molecule has 23 heavy (non-hydrogen) atoms. The summed E-state index contributed by atoms with van der Waals surface area (Å²) < 4.78 is 5.60. The van der Waals surface area contributed by atoms with E-state index in [1.54, 1.807) is 12.1 Å². The Kier molecular flexibility index (Phi) is 4.42. The standard InChI is InChI=1S/C17H17N3O3/c21-16-15(23-14-9-5-4-8-13(14)20-16)11-19-17(22)18-10-12-6-2-1-3-7-12/h1-9,15H,10-11H2,(H,20,21)(H2,18,19,22). The lowest BCUT2D eigenvalue weighted by molar-refractivity contribution is -0.123. The Morgan fingerprint density at radius 1 is 1.04 bits per heavy atom. The van der Waals surface area contributed by atoms with Crippen molar-refractivity contribution in [3.05, 3.63) is 60.2 Å². The zero-order valence-electron chi connectivity index (χ0n) is 12.4. The van der Waals surface area contributed by atoms with Gasteiger partial charge in [0.25, 0.3) is 5.91 Å². The maximum atomic E-state index is 11.9. The highest BCUT2D eigenvalue weighted by Gasteiger charge is 2.27. The van der Waals surface area contributed by atoms with Crippen LogP contribution in [-0.4, -0.2) is 24.6 Å². The van der Waals surface area contributed by atoms with Crippen LogP contribution in [0, 0.1) is 0 Å². The molecule has 1 aliphatic rings. The molecule has 0 saturated heterocycles. The molecule has 1 unspecified atom stereocenters. The van der Waals surface area contributed by atoms with Crippen molar-refractivity contribution in [2.45, 2.75) is 12.6 Å². The lowest BCUT2D eigenvalue weighted by Crippen LogP contribution is -2.47. The summed E-state index contributed by atoms with van der Waals surface area (Å²) in [4.78, 5) is 23.7. The maximum absolute atomic E-state index is 11.9. The van der Waals surface area contributed by atoms with Crippen LogP contribution in [0.15, 0.2) is 54.6 Å². The predicted molar refractivity (Wildman–Crippen MR) is 86.2 cm³/mol. The van der Waals surface area contributed by atoms with Crippen LogP contribution in [0.25, 0.3) is 0 Å². The third-order valence-corrected chi connectivity index (χ3v) is 3.45. The molecule has 3 rings (SSSR count). The van der Waals surface area contributed by atoms with E-state index in [0.717, 1.165) is 5.56 Å². The Hall–Kier alpha value is -3.02. The molecule has 0 aliphatic carbocycles. The van der Waals surface area contributed by atoms with Crippen molar-refractivity contribution < 1.29 is 14.3 Å². The Balaban J connectivity index is 1.48. The van der Waals surface area contributed by atoms with E-state index >= 15 is 0 Å². The van der Waals surface area contributed by atoms with Gasteiger partial charge in [-0.25, -0.2) is 4.79 Å². The number of para-hydroxylation sites is 2. The highest BCUT2D eigenvalue weighted by molar-refractivity contribution is 5.98. The molecule has 0 fully saturated rings. The average molecular weight is 311 g/mol. The molecule has 3 amide bonds. The smallest absolute Gasteiger partial charge is 0.315 e. The van der Waals surface area contributed by atoms with Gasteiger partial charge in [0.15, 0.2) is 6.10 Å². The maximum Gasteiger partial charge on any atom is 0.315 e. The highest BCUT2D eigenvalue weighted by atomic mass is 16.5. The molecule has 6 nitrogen and oxygen atoms in total. The molecular formula is C17H17N3O3. The van der Waals surface area contributed by atoms with Crippen molar-refractivity contribution in [1.29, 1.82) is 0 Å². The molecule has 6 heteroatoms. The molecule has 0 bridgehead atoms. The van der Waals surface area contributed by atoms with Gasteiger partial charge in [-0.3, -0.25) is 4.79 Å². The van der Waals surface area contributed by atoms with Gasteiger partial charge in [0.1, 0.15) is 5.75 Å². The molecule has 118 valence electrons. The second-order valence-electron chi connectivity index (χ2n) is 5.14. The van der Waals surface area contributed by atoms with Crippen molar-refractivity contribution in [1.82, 2.24) is 10.6 Å². The first-order valence-corrected chi connectivity index (χ1v) is 7.34. The van der Waals surface area contributed by atoms with Crippen LogP contribution in [0.2, 0.25) is 0 Å². The Morgan fingerprint density at radius 2 is 1.78 bits per heavy atom. The summed E-state index contributed by atoms with van der Waals surface area (Å²) >= 11 is 0. The molecule has 3 N–H and O–H groups in total. The van der Waals surface area contributed by atoms with Crippen molar-refractivity contribution >= 4 is 17.6 Å². The summed E-state index contributed by atoms with van der Waals surface area (Å²) in [6.45, 7) is 0.522. The molecule has 1 heterocycles. The lowest BCUT2D eigenvalue weighted by atomic mass is 10.2. The quantitative estimate of drug-likeness (QED) is 0.806. The summed E-state index contributed by atoms with van der Waals surface area (Å²) in [5, 5.41) is 8.14. The van der Waals surface area contributed by atoms with Crippen molar-refractivity contribution in [3.8, 4) is 5.75 Å². The van der Waals surface area contributed by atoms with Crippen molar-refractivity contribution in [2.75, 3.05) is 11.9 Å². The van der Waals surface area contributed by atoms with E-state index in [-0.39, 0.29) is 18.5 Å². The third kappa shape index (κ3) is 3.79. The van der Waals surface area contributed by atoms with E-state index in [9.17, 15) is 9.59 Å². The second-order valence-corrected chi connectivity index (χ2v) is 5.14. The molecular weight excluding hydrogens is 294 g/mol. The van der Waals surface area contributed by atoms with Crippen LogP contribution < -0.4 is 20.7 Å². The number of hydrogen-bond acceptors (Lipinski definition) is 3. The summed E-state index contributed by atoms with van der Waals surface area (Å²) in [5.74, 6) is 0.329. The predicted octanol–water partition coefficient (Wildman–Crippen LogP) is 1.89. The third-order valence-electron chi connectivity index (χ3n) is 3.45. The first kappa shape index (κ1) is 14.9. The first-order chi connectivity index (χ1) is 11.2. The number of hydrogen-bond donors (Lipinski definition) is 3. The fraction of sp³-hybridized carbons (Fsp3) is 0.176. The summed E-state index contributed by atoms with van der Waals surface area (Å²) in [6, 6.07) is 16.4. The second kappa shape index (κ2) is 6.83. The van der Waals surface area contributed by atoms with Crippen LogP contribution in [0.3, 0.4) is 0 Å². The monoisotopic (exact) mass is 311 g/mol. The van der Waals surface area contributed by atoms with E-state index in [1.807, 2.05) is 42.5 Å². The minimum Gasteiger partial charge on any atom is -0.477 e. The largest absolute Gasteiger partial charge is 0.477 e. The fourth-order valence-corrected chi connectivity index (χ4v) is 2.25. The number of carbonyl (C=O) groups is 2. The van der Waals surface area contributed by atoms with Crippen LogP contribution in [0.4, 0.5) is 10.5 Å². The van der Waals surface area contributed by atoms with Crippen molar-refractivity contribution in [2.24, 2.45) is 0 Å². The Bertz CT molecular complexity index is 703. The zero-order chi connectivity index (χ0) is 16.1. The van der Waals surface area contributed by atoms with E-state index in [2.05, 4.69) is 16.0 Å². The van der Waals surface area contributed by atoms with E-state index in [4.69, 9.17) is 4.74 Å². The van der Waals surface area contributed by atoms with Crippen LogP contribution in [-0.2, 0) is 11.3 Å². The molecule has 0 saturated carbocycles. The zero-order valence-corrected chi connectivity index (χ0v) is 12.4. The molecule has 0 radical (unpaired) electrons. The number of carbonyl (C=O) groups excluding carboxylic acids is 2. The Morgan fingerprint density at radius 3 is 2.61 bits per heavy atom. The van der Waals surface area contributed by atoms with Gasteiger partial charge in [-0.15, -0.1) is 0 Å². The fourth-order valence-electron chi connectivity index (χ4n) is 2.25. The number of urea groups is 1. The molecule has 1 aliphatic heterocycles. The van der Waals surface area contributed by atoms with Gasteiger partial charge in [-0.1, -0.05) is 42.5 Å². The number of fused-ring (bicyclic) bond motifs is 1. The number of benzene rings is 2. The highest BCUT2D eigenvalue weighted by Crippen LogP contribution is 2.28. The van der Waals surface area contributed by atoms with Crippen LogP contribution in [0.1, 0.15) is 5.56 Å². The normalized spacial score (nSPS) is 15.8.